The molecule has 0 saturated carbocycles. The lowest BCUT2D eigenvalue weighted by atomic mass is 10.1. The van der Waals surface area contributed by atoms with E-state index < -0.39 is 16.1 Å². The van der Waals surface area contributed by atoms with E-state index in [2.05, 4.69) is 5.32 Å². The van der Waals surface area contributed by atoms with Crippen LogP contribution in [-0.2, 0) is 26.2 Å². The summed E-state index contributed by atoms with van der Waals surface area (Å²) in [6.45, 7) is 4.48. The average molecular weight is 529 g/mol. The third-order valence-electron chi connectivity index (χ3n) is 5.26. The number of nitrogens with zero attached hydrogens (tertiary/aromatic N) is 2. The van der Waals surface area contributed by atoms with Crippen LogP contribution in [-0.4, -0.2) is 50.5 Å². The Morgan fingerprint density at radius 2 is 1.74 bits per heavy atom. The Bertz CT molecular complexity index is 1080. The lowest BCUT2D eigenvalue weighted by Gasteiger charge is -2.31. The van der Waals surface area contributed by atoms with Gasteiger partial charge < -0.3 is 10.2 Å². The van der Waals surface area contributed by atoms with Gasteiger partial charge in [0.1, 0.15) is 6.04 Å². The molecule has 186 valence electrons. The number of hydrogen-bond donors (Lipinski definition) is 1. The Balaban J connectivity index is 2.21. The van der Waals surface area contributed by atoms with Crippen LogP contribution in [0.2, 0.25) is 10.0 Å². The number of rotatable bonds is 12. The van der Waals surface area contributed by atoms with Crippen molar-refractivity contribution < 1.29 is 18.0 Å². The van der Waals surface area contributed by atoms with Gasteiger partial charge in [0.05, 0.1) is 17.0 Å². The molecular formula is C24H31Cl2N3O4S. The van der Waals surface area contributed by atoms with Gasteiger partial charge in [-0.05, 0) is 43.5 Å². The molecule has 0 aliphatic rings. The number of likely N-dealkylation sites (N-methyl/N-ethyl adjacent to an activating group) is 1. The van der Waals surface area contributed by atoms with E-state index in [1.165, 1.54) is 12.1 Å². The number of nitrogens with one attached hydrogen (secondary N) is 1. The third-order valence-corrected chi connectivity index (χ3v) is 7.00. The number of carbonyl (C=O) groups excluding carboxylic acids is 2. The lowest BCUT2D eigenvalue weighted by Crippen LogP contribution is -2.49. The van der Waals surface area contributed by atoms with Crippen molar-refractivity contribution in [3.63, 3.8) is 0 Å². The number of sulfonamides is 1. The summed E-state index contributed by atoms with van der Waals surface area (Å²) in [5, 5.41) is 3.39. The van der Waals surface area contributed by atoms with Crippen molar-refractivity contribution in [1.82, 2.24) is 10.2 Å². The maximum absolute atomic E-state index is 13.3. The Morgan fingerprint density at radius 1 is 1.06 bits per heavy atom. The van der Waals surface area contributed by atoms with Crippen LogP contribution in [0, 0.1) is 0 Å². The first-order valence-corrected chi connectivity index (χ1v) is 13.7. The smallest absolute Gasteiger partial charge is 0.242 e. The predicted molar refractivity (Wildman–Crippen MR) is 138 cm³/mol. The Hall–Kier alpha value is -2.29. The largest absolute Gasteiger partial charge is 0.355 e. The summed E-state index contributed by atoms with van der Waals surface area (Å²) >= 11 is 12.3. The van der Waals surface area contributed by atoms with Crippen molar-refractivity contribution >= 4 is 50.7 Å². The van der Waals surface area contributed by atoms with Crippen molar-refractivity contribution in [2.45, 2.75) is 45.7 Å². The highest BCUT2D eigenvalue weighted by Crippen LogP contribution is 2.31. The molecule has 2 aromatic rings. The fraction of sp³-hybridized carbons (Fsp3) is 0.417. The molecule has 0 radical (unpaired) electrons. The molecule has 0 unspecified atom stereocenters. The molecule has 0 aliphatic carbocycles. The van der Waals surface area contributed by atoms with E-state index in [9.17, 15) is 18.0 Å². The molecule has 0 fully saturated rings. The maximum Gasteiger partial charge on any atom is 0.242 e. The molecule has 2 rings (SSSR count). The molecule has 2 amide bonds. The minimum absolute atomic E-state index is 0.0434. The molecule has 0 bridgehead atoms. The number of benzene rings is 2. The van der Waals surface area contributed by atoms with Crippen LogP contribution in [0.15, 0.2) is 48.5 Å². The van der Waals surface area contributed by atoms with Crippen molar-refractivity contribution in [2.24, 2.45) is 0 Å². The van der Waals surface area contributed by atoms with E-state index in [0.717, 1.165) is 16.1 Å². The van der Waals surface area contributed by atoms with Crippen molar-refractivity contribution in [3.05, 3.63) is 64.1 Å². The first kappa shape index (κ1) is 28.0. The summed E-state index contributed by atoms with van der Waals surface area (Å²) in [5.41, 5.74) is 1.17. The van der Waals surface area contributed by atoms with Gasteiger partial charge in [0.25, 0.3) is 0 Å². The highest BCUT2D eigenvalue weighted by atomic mass is 35.5. The number of anilines is 1. The second-order valence-electron chi connectivity index (χ2n) is 7.86. The molecule has 0 spiro atoms. The van der Waals surface area contributed by atoms with Crippen LogP contribution in [0.5, 0.6) is 0 Å². The standard InChI is InChI=1S/C24H31Cl2N3O4S/c1-4-21(24(31)27-5-2)28(17-18-10-7-6-8-11-18)23(30)12-9-15-29(34(3,32)33)22-16-19(25)13-14-20(22)26/h6-8,10-11,13-14,16,21H,4-5,9,12,15,17H2,1-3H3,(H,27,31)/t21-/m1/s1. The molecule has 1 N–H and O–H groups in total. The van der Waals surface area contributed by atoms with E-state index >= 15 is 0 Å². The zero-order valence-electron chi connectivity index (χ0n) is 19.6. The molecule has 1 atom stereocenters. The molecular weight excluding hydrogens is 497 g/mol. The monoisotopic (exact) mass is 527 g/mol. The van der Waals surface area contributed by atoms with Gasteiger partial charge in [0.2, 0.25) is 21.8 Å². The summed E-state index contributed by atoms with van der Waals surface area (Å²) in [4.78, 5) is 27.5. The summed E-state index contributed by atoms with van der Waals surface area (Å²) < 4.78 is 26.0. The maximum atomic E-state index is 13.3. The summed E-state index contributed by atoms with van der Waals surface area (Å²) in [6.07, 6.45) is 1.84. The van der Waals surface area contributed by atoms with E-state index in [1.54, 1.807) is 11.0 Å². The van der Waals surface area contributed by atoms with Gasteiger partial charge in [0.15, 0.2) is 0 Å². The van der Waals surface area contributed by atoms with Crippen LogP contribution in [0.1, 0.15) is 38.7 Å². The molecule has 0 saturated heterocycles. The Labute approximate surface area is 212 Å². The highest BCUT2D eigenvalue weighted by molar-refractivity contribution is 7.92. The second kappa shape index (κ2) is 13.0. The van der Waals surface area contributed by atoms with Gasteiger partial charge >= 0.3 is 0 Å². The highest BCUT2D eigenvalue weighted by Gasteiger charge is 2.28. The normalized spacial score (nSPS) is 12.1. The molecule has 0 aromatic heterocycles. The lowest BCUT2D eigenvalue weighted by molar-refractivity contribution is -0.141. The van der Waals surface area contributed by atoms with Gasteiger partial charge in [-0.1, -0.05) is 60.5 Å². The zero-order chi connectivity index (χ0) is 25.3. The van der Waals surface area contributed by atoms with E-state index in [-0.39, 0.29) is 48.5 Å². The van der Waals surface area contributed by atoms with E-state index in [0.29, 0.717) is 18.0 Å². The summed E-state index contributed by atoms with van der Waals surface area (Å²) in [6, 6.07) is 13.4. The molecule has 34 heavy (non-hydrogen) atoms. The fourth-order valence-corrected chi connectivity index (χ4v) is 5.06. The fourth-order valence-electron chi connectivity index (χ4n) is 3.65. The molecule has 7 nitrogen and oxygen atoms in total. The minimum atomic E-state index is -3.66. The van der Waals surface area contributed by atoms with Crippen molar-refractivity contribution in [1.29, 1.82) is 0 Å². The third kappa shape index (κ3) is 7.89. The first-order chi connectivity index (χ1) is 16.1. The molecule has 0 aliphatic heterocycles. The first-order valence-electron chi connectivity index (χ1n) is 11.1. The van der Waals surface area contributed by atoms with Gasteiger partial charge in [0, 0.05) is 31.1 Å². The van der Waals surface area contributed by atoms with Crippen LogP contribution >= 0.6 is 23.2 Å². The Kier molecular flexibility index (Phi) is 10.7. The second-order valence-corrected chi connectivity index (χ2v) is 10.6. The SMILES string of the molecule is CCNC(=O)[C@@H](CC)N(Cc1ccccc1)C(=O)CCCN(c1cc(Cl)ccc1Cl)S(C)(=O)=O. The minimum Gasteiger partial charge on any atom is -0.355 e. The van der Waals surface area contributed by atoms with E-state index in [1.807, 2.05) is 44.2 Å². The van der Waals surface area contributed by atoms with Crippen LogP contribution in [0.25, 0.3) is 0 Å². The van der Waals surface area contributed by atoms with Crippen LogP contribution in [0.3, 0.4) is 0 Å². The van der Waals surface area contributed by atoms with Crippen molar-refractivity contribution in [3.8, 4) is 0 Å². The van der Waals surface area contributed by atoms with Crippen LogP contribution in [0.4, 0.5) is 5.69 Å². The zero-order valence-corrected chi connectivity index (χ0v) is 22.0. The number of carbonyl (C=O) groups is 2. The number of amides is 2. The van der Waals surface area contributed by atoms with Gasteiger partial charge in [-0.25, -0.2) is 8.42 Å². The average Bonchev–Trinajstić information content (AvgIpc) is 2.78. The van der Waals surface area contributed by atoms with E-state index in [4.69, 9.17) is 23.2 Å². The number of halogens is 2. The summed E-state index contributed by atoms with van der Waals surface area (Å²) in [7, 11) is -3.66. The van der Waals surface area contributed by atoms with Gasteiger partial charge in [-0.2, -0.15) is 0 Å². The predicted octanol–water partition coefficient (Wildman–Crippen LogP) is 4.48. The van der Waals surface area contributed by atoms with Crippen molar-refractivity contribution in [2.75, 3.05) is 23.7 Å². The Morgan fingerprint density at radius 3 is 2.32 bits per heavy atom. The number of hydrogen-bond acceptors (Lipinski definition) is 4. The van der Waals surface area contributed by atoms with Crippen LogP contribution < -0.4 is 9.62 Å². The molecule has 2 aromatic carbocycles. The van der Waals surface area contributed by atoms with Gasteiger partial charge in [-0.3, -0.25) is 13.9 Å². The molecule has 10 heteroatoms. The molecule has 0 heterocycles. The topological polar surface area (TPSA) is 86.8 Å². The van der Waals surface area contributed by atoms with Gasteiger partial charge in [-0.15, -0.1) is 0 Å². The summed E-state index contributed by atoms with van der Waals surface area (Å²) in [5.74, 6) is -0.439. The quantitative estimate of drug-likeness (QED) is 0.440.